The lowest BCUT2D eigenvalue weighted by Gasteiger charge is -2.36. The molecule has 1 saturated heterocycles. The Hall–Kier alpha value is -1.36. The number of aryl methyl sites for hydroxylation is 2. The molecule has 2 atom stereocenters. The highest BCUT2D eigenvalue weighted by Crippen LogP contribution is 2.28. The minimum absolute atomic E-state index is 0.0382. The SMILES string of the molecule is CCc1sc(C(=O)N2C[C@@H](C(N)=O)CC[C@H]2C)cc1C. The number of piperidine rings is 1. The van der Waals surface area contributed by atoms with Gasteiger partial charge in [0.2, 0.25) is 5.91 Å². The topological polar surface area (TPSA) is 63.4 Å². The smallest absolute Gasteiger partial charge is 0.264 e. The van der Waals surface area contributed by atoms with Crippen molar-refractivity contribution in [2.75, 3.05) is 6.54 Å². The maximum Gasteiger partial charge on any atom is 0.264 e. The molecule has 1 aromatic heterocycles. The summed E-state index contributed by atoms with van der Waals surface area (Å²) >= 11 is 1.57. The second-order valence-electron chi connectivity index (χ2n) is 5.55. The van der Waals surface area contributed by atoms with Gasteiger partial charge in [0, 0.05) is 17.5 Å². The normalized spacial score (nSPS) is 22.9. The maximum atomic E-state index is 12.6. The fraction of sp³-hybridized carbons (Fsp3) is 0.600. The van der Waals surface area contributed by atoms with E-state index in [2.05, 4.69) is 6.92 Å². The molecule has 110 valence electrons. The van der Waals surface area contributed by atoms with E-state index in [1.807, 2.05) is 24.8 Å². The van der Waals surface area contributed by atoms with Crippen molar-refractivity contribution in [2.24, 2.45) is 11.7 Å². The van der Waals surface area contributed by atoms with Crippen molar-refractivity contribution in [3.05, 3.63) is 21.4 Å². The van der Waals surface area contributed by atoms with Crippen LogP contribution in [0, 0.1) is 12.8 Å². The number of carbonyl (C=O) groups excluding carboxylic acids is 2. The number of hydrogen-bond acceptors (Lipinski definition) is 3. The van der Waals surface area contributed by atoms with Crippen LogP contribution in [-0.2, 0) is 11.2 Å². The van der Waals surface area contributed by atoms with Crippen molar-refractivity contribution in [1.82, 2.24) is 4.90 Å². The molecule has 2 rings (SSSR count). The molecule has 1 aliphatic heterocycles. The number of thiophene rings is 1. The van der Waals surface area contributed by atoms with Crippen LogP contribution in [0.1, 0.15) is 46.8 Å². The first-order valence-corrected chi connectivity index (χ1v) is 7.95. The molecular formula is C15H22N2O2S. The summed E-state index contributed by atoms with van der Waals surface area (Å²) in [6.07, 6.45) is 2.57. The van der Waals surface area contributed by atoms with Gasteiger partial charge in [-0.1, -0.05) is 6.92 Å². The van der Waals surface area contributed by atoms with Crippen LogP contribution in [0.15, 0.2) is 6.07 Å². The molecule has 4 nitrogen and oxygen atoms in total. The fourth-order valence-electron chi connectivity index (χ4n) is 2.74. The van der Waals surface area contributed by atoms with Gasteiger partial charge in [0.1, 0.15) is 0 Å². The summed E-state index contributed by atoms with van der Waals surface area (Å²) in [4.78, 5) is 27.8. The lowest BCUT2D eigenvalue weighted by atomic mass is 9.93. The largest absolute Gasteiger partial charge is 0.369 e. The number of amides is 2. The third-order valence-corrected chi connectivity index (χ3v) is 5.47. The second kappa shape index (κ2) is 5.95. The lowest BCUT2D eigenvalue weighted by molar-refractivity contribution is -0.123. The van der Waals surface area contributed by atoms with Crippen molar-refractivity contribution in [3.63, 3.8) is 0 Å². The summed E-state index contributed by atoms with van der Waals surface area (Å²) in [6.45, 7) is 6.63. The van der Waals surface area contributed by atoms with Crippen LogP contribution in [0.3, 0.4) is 0 Å². The summed E-state index contributed by atoms with van der Waals surface area (Å²) in [5.74, 6) is -0.468. The molecule has 2 N–H and O–H groups in total. The summed E-state index contributed by atoms with van der Waals surface area (Å²) < 4.78 is 0. The summed E-state index contributed by atoms with van der Waals surface area (Å²) in [7, 11) is 0. The maximum absolute atomic E-state index is 12.6. The van der Waals surface area contributed by atoms with E-state index in [4.69, 9.17) is 5.73 Å². The Balaban J connectivity index is 2.19. The quantitative estimate of drug-likeness (QED) is 0.930. The number of nitrogens with two attached hydrogens (primary N) is 1. The molecule has 1 aromatic rings. The standard InChI is InChI=1S/C15H22N2O2S/c1-4-12-9(2)7-13(20-12)15(19)17-8-11(14(16)18)6-5-10(17)3/h7,10-11H,4-6,8H2,1-3H3,(H2,16,18)/t10-,11+/m1/s1. The predicted molar refractivity (Wildman–Crippen MR) is 80.9 cm³/mol. The van der Waals surface area contributed by atoms with E-state index < -0.39 is 0 Å². The van der Waals surface area contributed by atoms with Gasteiger partial charge >= 0.3 is 0 Å². The van der Waals surface area contributed by atoms with Gasteiger partial charge in [-0.3, -0.25) is 9.59 Å². The van der Waals surface area contributed by atoms with Gasteiger partial charge in [-0.05, 0) is 44.7 Å². The Bertz CT molecular complexity index is 524. The van der Waals surface area contributed by atoms with E-state index in [1.165, 1.54) is 10.4 Å². The van der Waals surface area contributed by atoms with Crippen LogP contribution in [0.4, 0.5) is 0 Å². The third kappa shape index (κ3) is 2.87. The van der Waals surface area contributed by atoms with Crippen LogP contribution in [-0.4, -0.2) is 29.3 Å². The zero-order valence-electron chi connectivity index (χ0n) is 12.3. The van der Waals surface area contributed by atoms with Gasteiger partial charge in [0.15, 0.2) is 0 Å². The Morgan fingerprint density at radius 3 is 2.70 bits per heavy atom. The highest BCUT2D eigenvalue weighted by atomic mass is 32.1. The Morgan fingerprint density at radius 2 is 2.15 bits per heavy atom. The zero-order valence-corrected chi connectivity index (χ0v) is 13.1. The van der Waals surface area contributed by atoms with E-state index in [0.29, 0.717) is 6.54 Å². The van der Waals surface area contributed by atoms with Gasteiger partial charge in [-0.15, -0.1) is 11.3 Å². The number of likely N-dealkylation sites (tertiary alicyclic amines) is 1. The average Bonchev–Trinajstić information content (AvgIpc) is 2.79. The van der Waals surface area contributed by atoms with E-state index in [0.717, 1.165) is 24.1 Å². The fourth-order valence-corrected chi connectivity index (χ4v) is 3.81. The van der Waals surface area contributed by atoms with Gasteiger partial charge in [0.05, 0.1) is 10.8 Å². The first-order valence-electron chi connectivity index (χ1n) is 7.13. The first kappa shape index (κ1) is 15.0. The Labute approximate surface area is 124 Å². The average molecular weight is 294 g/mol. The van der Waals surface area contributed by atoms with Crippen LogP contribution in [0.5, 0.6) is 0 Å². The number of nitrogens with zero attached hydrogens (tertiary/aromatic N) is 1. The molecule has 0 unspecified atom stereocenters. The van der Waals surface area contributed by atoms with Crippen molar-refractivity contribution >= 4 is 23.2 Å². The molecule has 1 fully saturated rings. The molecule has 0 bridgehead atoms. The van der Waals surface area contributed by atoms with E-state index in [9.17, 15) is 9.59 Å². The zero-order chi connectivity index (χ0) is 14.9. The molecule has 0 radical (unpaired) electrons. The summed E-state index contributed by atoms with van der Waals surface area (Å²) in [5, 5.41) is 0. The second-order valence-corrected chi connectivity index (χ2v) is 6.69. The number of carbonyl (C=O) groups is 2. The third-order valence-electron chi connectivity index (χ3n) is 4.10. The monoisotopic (exact) mass is 294 g/mol. The molecular weight excluding hydrogens is 272 g/mol. The molecule has 0 saturated carbocycles. The molecule has 2 heterocycles. The first-order chi connectivity index (χ1) is 9.43. The van der Waals surface area contributed by atoms with E-state index in [1.54, 1.807) is 11.3 Å². The van der Waals surface area contributed by atoms with Gasteiger partial charge in [-0.25, -0.2) is 0 Å². The highest BCUT2D eigenvalue weighted by Gasteiger charge is 2.32. The Morgan fingerprint density at radius 1 is 1.45 bits per heavy atom. The van der Waals surface area contributed by atoms with Gasteiger partial charge in [-0.2, -0.15) is 0 Å². The molecule has 0 aliphatic carbocycles. The molecule has 20 heavy (non-hydrogen) atoms. The molecule has 0 aromatic carbocycles. The minimum atomic E-state index is -0.300. The van der Waals surface area contributed by atoms with Crippen molar-refractivity contribution in [1.29, 1.82) is 0 Å². The molecule has 0 spiro atoms. The molecule has 1 aliphatic rings. The number of hydrogen-bond donors (Lipinski definition) is 1. The van der Waals surface area contributed by atoms with Crippen LogP contribution in [0.2, 0.25) is 0 Å². The van der Waals surface area contributed by atoms with Crippen molar-refractivity contribution in [2.45, 2.75) is 46.1 Å². The minimum Gasteiger partial charge on any atom is -0.369 e. The molecule has 5 heteroatoms. The van der Waals surface area contributed by atoms with E-state index in [-0.39, 0.29) is 23.8 Å². The van der Waals surface area contributed by atoms with Crippen molar-refractivity contribution in [3.8, 4) is 0 Å². The van der Waals surface area contributed by atoms with Gasteiger partial charge < -0.3 is 10.6 Å². The van der Waals surface area contributed by atoms with Crippen molar-refractivity contribution < 1.29 is 9.59 Å². The Kier molecular flexibility index (Phi) is 4.48. The highest BCUT2D eigenvalue weighted by molar-refractivity contribution is 7.14. The molecule has 2 amide bonds. The van der Waals surface area contributed by atoms with Gasteiger partial charge in [0.25, 0.3) is 5.91 Å². The summed E-state index contributed by atoms with van der Waals surface area (Å²) in [5.41, 5.74) is 6.57. The lowest BCUT2D eigenvalue weighted by Crippen LogP contribution is -2.48. The predicted octanol–water partition coefficient (Wildman–Crippen LogP) is 2.34. The number of primary amides is 1. The number of rotatable bonds is 3. The van der Waals surface area contributed by atoms with Crippen LogP contribution >= 0.6 is 11.3 Å². The van der Waals surface area contributed by atoms with Crippen LogP contribution in [0.25, 0.3) is 0 Å². The van der Waals surface area contributed by atoms with Crippen LogP contribution < -0.4 is 5.73 Å². The van der Waals surface area contributed by atoms with E-state index >= 15 is 0 Å². The summed E-state index contributed by atoms with van der Waals surface area (Å²) in [6, 6.07) is 2.14.